The molecule has 5 unspecified atom stereocenters. The number of rotatable bonds is 16. The van der Waals surface area contributed by atoms with E-state index < -0.39 is 113 Å². The third kappa shape index (κ3) is 15.1. The number of ether oxygens (including phenoxy) is 2. The van der Waals surface area contributed by atoms with E-state index in [4.69, 9.17) is 9.47 Å². The number of nitrogens with one attached hydrogen (secondary N) is 2. The second-order valence-electron chi connectivity index (χ2n) is 11.4. The van der Waals surface area contributed by atoms with Crippen molar-refractivity contribution in [1.82, 2.24) is 39.0 Å². The monoisotopic (exact) mass is 1030 g/mol. The quantitative estimate of drug-likeness (QED) is 0.0448. The van der Waals surface area contributed by atoms with Gasteiger partial charge in [-0.1, -0.05) is 0 Å². The standard InChI is InChI=1S/C20H27N8O24P5.5Na/c29-11-7(47-19(13(11)31)27-5-25-9-15(27)21-3-23-17(9)33)1-45-53(35,36)49-55(39,40)51-57(43,44)52-56(41,42)50-54(37,38)46-2-8-12(30)14(32)20(48-8)28-6-26-10-16(28)22-4-24-18(10)34;;;;;/h3-8,11-14,19-20,29-32H,1-2H2,(H,35,36)(H,37,38)(H,39,40)(H,41,42)(H,43,44)(H,21,23,33)(H,22,24,34);;;;;/q;5*+1/p-5/t7-,8+,11-,12+,13-,14+,19-,20+;;;;;. The molecule has 2 aliphatic rings. The van der Waals surface area contributed by atoms with Gasteiger partial charge in [-0.3, -0.25) is 41.5 Å². The number of H-pyrrole nitrogens is 2. The Hall–Kier alpha value is 2.17. The van der Waals surface area contributed by atoms with Crippen LogP contribution in [0.15, 0.2) is 34.9 Å². The Bertz CT molecular complexity index is 2370. The number of hydrogen-bond donors (Lipinski definition) is 6. The van der Waals surface area contributed by atoms with Gasteiger partial charge in [-0.05, 0) is 0 Å². The zero-order chi connectivity index (χ0) is 41.9. The van der Waals surface area contributed by atoms with E-state index in [9.17, 15) is 77.3 Å². The minimum absolute atomic E-state index is 0. The van der Waals surface area contributed by atoms with Crippen molar-refractivity contribution in [2.24, 2.45) is 0 Å². The predicted octanol–water partition coefficient (Wildman–Crippen LogP) is -21.0. The van der Waals surface area contributed by atoms with Gasteiger partial charge in [0.2, 0.25) is 0 Å². The molecule has 4 aromatic rings. The van der Waals surface area contributed by atoms with Crippen molar-refractivity contribution in [3.05, 3.63) is 46.0 Å². The van der Waals surface area contributed by atoms with E-state index in [1.54, 1.807) is 0 Å². The molecule has 13 atom stereocenters. The van der Waals surface area contributed by atoms with Crippen LogP contribution in [0.3, 0.4) is 0 Å². The summed E-state index contributed by atoms with van der Waals surface area (Å²) in [6.07, 6.45) is -10.4. The van der Waals surface area contributed by atoms with Crippen LogP contribution in [0.2, 0.25) is 0 Å². The summed E-state index contributed by atoms with van der Waals surface area (Å²) in [5, 5.41) is 41.4. The number of imidazole rings is 2. The summed E-state index contributed by atoms with van der Waals surface area (Å²) >= 11 is 0. The molecule has 42 heteroatoms. The summed E-state index contributed by atoms with van der Waals surface area (Å²) in [6, 6.07) is 0. The number of aromatic amines is 2. The number of fused-ring (bicyclic) bond motifs is 2. The first-order valence-corrected chi connectivity index (χ1v) is 22.2. The maximum Gasteiger partial charge on any atom is 1.00 e. The van der Waals surface area contributed by atoms with Crippen LogP contribution in [-0.4, -0.2) is 109 Å². The molecule has 6 rings (SSSR count). The molecule has 2 saturated heterocycles. The van der Waals surface area contributed by atoms with Gasteiger partial charge in [-0.15, -0.1) is 0 Å². The normalized spacial score (nSPS) is 28.3. The fraction of sp³-hybridized carbons (Fsp3) is 0.500. The van der Waals surface area contributed by atoms with Gasteiger partial charge < -0.3 is 73.4 Å². The molecule has 6 N–H and O–H groups in total. The summed E-state index contributed by atoms with van der Waals surface area (Å²) in [4.78, 5) is 104. The van der Waals surface area contributed by atoms with Gasteiger partial charge in [0.15, 0.2) is 34.8 Å². The van der Waals surface area contributed by atoms with Crippen LogP contribution < -0.4 is 183 Å². The molecule has 0 aromatic carbocycles. The number of aliphatic hydroxyl groups excluding tert-OH is 4. The molecule has 32 nitrogen and oxygen atoms in total. The van der Waals surface area contributed by atoms with E-state index in [2.05, 4.69) is 56.2 Å². The molecule has 0 spiro atoms. The number of phosphoric ester groups is 2. The van der Waals surface area contributed by atoms with Gasteiger partial charge in [0.25, 0.3) is 50.2 Å². The Morgan fingerprint density at radius 2 is 0.855 bits per heavy atom. The Labute approximate surface area is 454 Å². The molecule has 0 radical (unpaired) electrons. The van der Waals surface area contributed by atoms with E-state index in [0.29, 0.717) is 0 Å². The van der Waals surface area contributed by atoms with Gasteiger partial charge in [0, 0.05) is 0 Å². The molecule has 6 heterocycles. The second-order valence-corrected chi connectivity index (χ2v) is 19.0. The Balaban J connectivity index is 0.00000384. The summed E-state index contributed by atoms with van der Waals surface area (Å²) in [6.45, 7) is -2.66. The predicted molar refractivity (Wildman–Crippen MR) is 162 cm³/mol. The van der Waals surface area contributed by atoms with Gasteiger partial charge >= 0.3 is 148 Å². The average Bonchev–Trinajstić information content (AvgIpc) is 3.83. The number of aliphatic hydroxyl groups is 4. The van der Waals surface area contributed by atoms with Crippen molar-refractivity contribution in [2.45, 2.75) is 49.1 Å². The summed E-state index contributed by atoms with van der Waals surface area (Å²) in [5.74, 6) is 0. The fourth-order valence-corrected chi connectivity index (χ4v) is 11.3. The number of phosphoric acid groups is 5. The Kier molecular flexibility index (Phi) is 24.4. The van der Waals surface area contributed by atoms with E-state index in [1.807, 2.05) is 0 Å². The Morgan fingerprint density at radius 1 is 0.548 bits per heavy atom. The number of hydrogen-bond acceptors (Lipinski definition) is 28. The SMILES string of the molecule is O=c1[nH]cnc2c1ncn2[C@@H]1O[C@H](COP(=O)([O-])OP(=O)([O-])OP(=O)([O-])OP(=O)([O-])OP(=O)([O-])OC[C@@H]2O[C@H](n3cnc4c(=O)[nH]cnc43)[C@@H](O)[C@H]2O)[C@@H](O)[C@H]1O.[Na+].[Na+].[Na+].[Na+].[Na+]. The molecule has 2 fully saturated rings. The Morgan fingerprint density at radius 3 is 1.18 bits per heavy atom. The maximum atomic E-state index is 12.2. The van der Waals surface area contributed by atoms with Crippen molar-refractivity contribution in [3.63, 3.8) is 0 Å². The van der Waals surface area contributed by atoms with Crippen molar-refractivity contribution >= 4 is 61.4 Å². The van der Waals surface area contributed by atoms with Crippen molar-refractivity contribution in [3.8, 4) is 0 Å². The smallest absolute Gasteiger partial charge is 0.756 e. The number of aromatic nitrogens is 8. The van der Waals surface area contributed by atoms with E-state index >= 15 is 0 Å². The summed E-state index contributed by atoms with van der Waals surface area (Å²) in [7, 11) is -33.0. The molecule has 0 aliphatic carbocycles. The number of nitrogens with zero attached hydrogens (tertiary/aromatic N) is 6. The maximum absolute atomic E-state index is 12.2. The first-order valence-electron chi connectivity index (χ1n) is 14.9. The minimum atomic E-state index is -6.90. The molecule has 2 aliphatic heterocycles. The largest absolute Gasteiger partial charge is 1.00 e. The molecule has 62 heavy (non-hydrogen) atoms. The average molecular weight is 1030 g/mol. The van der Waals surface area contributed by atoms with Crippen molar-refractivity contribution < 1.29 is 251 Å². The van der Waals surface area contributed by atoms with Crippen LogP contribution in [0.1, 0.15) is 12.5 Å². The minimum Gasteiger partial charge on any atom is -0.756 e. The summed E-state index contributed by atoms with van der Waals surface area (Å²) in [5.41, 5.74) is -2.10. The molecular formula is C20H22N8Na5O24P5. The third-order valence-corrected chi connectivity index (χ3v) is 14.9. The zero-order valence-electron chi connectivity index (χ0n) is 32.2. The fourth-order valence-electron chi connectivity index (χ4n) is 5.20. The third-order valence-electron chi connectivity index (χ3n) is 7.55. The van der Waals surface area contributed by atoms with Crippen LogP contribution in [0.25, 0.3) is 22.3 Å². The van der Waals surface area contributed by atoms with Crippen molar-refractivity contribution in [1.29, 1.82) is 0 Å². The van der Waals surface area contributed by atoms with Gasteiger partial charge in [0.05, 0.1) is 38.5 Å². The van der Waals surface area contributed by atoms with E-state index in [-0.39, 0.29) is 170 Å². The van der Waals surface area contributed by atoms with Gasteiger partial charge in [-0.2, -0.15) is 0 Å². The van der Waals surface area contributed by atoms with E-state index in [0.717, 1.165) is 34.4 Å². The molecule has 316 valence electrons. The van der Waals surface area contributed by atoms with Crippen LogP contribution in [-0.2, 0) is 58.6 Å². The first kappa shape index (κ1) is 62.2. The van der Waals surface area contributed by atoms with Gasteiger partial charge in [0.1, 0.15) is 36.6 Å². The molecule has 0 saturated carbocycles. The van der Waals surface area contributed by atoms with E-state index in [1.165, 1.54) is 0 Å². The zero-order valence-corrected chi connectivity index (χ0v) is 46.7. The van der Waals surface area contributed by atoms with Crippen LogP contribution >= 0.6 is 39.1 Å². The molecule has 4 aromatic heterocycles. The topological polar surface area (TPSA) is 483 Å². The van der Waals surface area contributed by atoms with Crippen molar-refractivity contribution in [2.75, 3.05) is 13.2 Å². The van der Waals surface area contributed by atoms with Crippen LogP contribution in [0, 0.1) is 0 Å². The second kappa shape index (κ2) is 24.3. The molecule has 0 bridgehead atoms. The van der Waals surface area contributed by atoms with Crippen LogP contribution in [0.4, 0.5) is 0 Å². The first-order chi connectivity index (χ1) is 26.4. The molecular weight excluding hydrogens is 1010 g/mol. The van der Waals surface area contributed by atoms with Crippen LogP contribution in [0.5, 0.6) is 0 Å². The van der Waals surface area contributed by atoms with Gasteiger partial charge in [-0.25, -0.2) is 37.2 Å². The molecule has 0 amide bonds. The summed E-state index contributed by atoms with van der Waals surface area (Å²) < 4.78 is 95.4.